The first kappa shape index (κ1) is 11.7. The standard InChI is InChI=1S/C13H14ClN3/c1-9-2-7-12(15)13(17-9)16-8-10-3-5-11(14)6-4-10/h2-7H,8,15H2,1H3,(H,16,17). The Hall–Kier alpha value is -1.74. The van der Waals surface area contributed by atoms with Gasteiger partial charge in [0.1, 0.15) is 5.82 Å². The highest BCUT2D eigenvalue weighted by molar-refractivity contribution is 6.30. The van der Waals surface area contributed by atoms with Gasteiger partial charge in [-0.1, -0.05) is 23.7 Å². The minimum atomic E-state index is 0.657. The maximum absolute atomic E-state index is 5.83. The number of benzene rings is 1. The molecule has 88 valence electrons. The first-order valence-corrected chi connectivity index (χ1v) is 5.74. The monoisotopic (exact) mass is 247 g/mol. The Morgan fingerprint density at radius 1 is 1.18 bits per heavy atom. The SMILES string of the molecule is Cc1ccc(N)c(NCc2ccc(Cl)cc2)n1. The van der Waals surface area contributed by atoms with Crippen LogP contribution in [0.3, 0.4) is 0 Å². The third-order valence-electron chi connectivity index (χ3n) is 2.44. The summed E-state index contributed by atoms with van der Waals surface area (Å²) in [5.74, 6) is 0.722. The van der Waals surface area contributed by atoms with Gasteiger partial charge in [0, 0.05) is 17.3 Å². The van der Waals surface area contributed by atoms with Crippen molar-refractivity contribution in [1.82, 2.24) is 4.98 Å². The summed E-state index contributed by atoms with van der Waals surface area (Å²) in [6.07, 6.45) is 0. The van der Waals surface area contributed by atoms with Gasteiger partial charge in [-0.05, 0) is 36.8 Å². The number of nitrogens with one attached hydrogen (secondary N) is 1. The van der Waals surface area contributed by atoms with Crippen molar-refractivity contribution in [3.8, 4) is 0 Å². The third kappa shape index (κ3) is 3.11. The van der Waals surface area contributed by atoms with E-state index in [0.29, 0.717) is 12.2 Å². The van der Waals surface area contributed by atoms with Gasteiger partial charge in [0.05, 0.1) is 5.69 Å². The number of nitrogens with zero attached hydrogens (tertiary/aromatic N) is 1. The predicted octanol–water partition coefficient (Wildman–Crippen LogP) is 3.24. The molecule has 0 saturated heterocycles. The lowest BCUT2D eigenvalue weighted by molar-refractivity contribution is 1.09. The Labute approximate surface area is 106 Å². The minimum Gasteiger partial charge on any atom is -0.396 e. The lowest BCUT2D eigenvalue weighted by Gasteiger charge is -2.09. The van der Waals surface area contributed by atoms with E-state index in [-0.39, 0.29) is 0 Å². The van der Waals surface area contributed by atoms with E-state index in [1.807, 2.05) is 43.3 Å². The molecule has 2 aromatic rings. The van der Waals surface area contributed by atoms with Crippen LogP contribution >= 0.6 is 11.6 Å². The zero-order chi connectivity index (χ0) is 12.3. The normalized spacial score (nSPS) is 10.2. The highest BCUT2D eigenvalue weighted by atomic mass is 35.5. The van der Waals surface area contributed by atoms with Crippen LogP contribution in [-0.4, -0.2) is 4.98 Å². The van der Waals surface area contributed by atoms with E-state index in [2.05, 4.69) is 10.3 Å². The van der Waals surface area contributed by atoms with Gasteiger partial charge in [-0.2, -0.15) is 0 Å². The van der Waals surface area contributed by atoms with Crippen molar-refractivity contribution in [2.75, 3.05) is 11.1 Å². The van der Waals surface area contributed by atoms with E-state index < -0.39 is 0 Å². The Bertz CT molecular complexity index is 509. The van der Waals surface area contributed by atoms with Crippen molar-refractivity contribution >= 4 is 23.1 Å². The fourth-order valence-corrected chi connectivity index (χ4v) is 1.62. The molecule has 4 heteroatoms. The molecule has 0 aliphatic carbocycles. The average Bonchev–Trinajstić information content (AvgIpc) is 2.32. The molecule has 0 aliphatic rings. The summed E-state index contributed by atoms with van der Waals surface area (Å²) >= 11 is 5.82. The summed E-state index contributed by atoms with van der Waals surface area (Å²) in [6.45, 7) is 2.62. The van der Waals surface area contributed by atoms with Gasteiger partial charge < -0.3 is 11.1 Å². The van der Waals surface area contributed by atoms with Gasteiger partial charge in [0.25, 0.3) is 0 Å². The van der Waals surface area contributed by atoms with E-state index in [4.69, 9.17) is 17.3 Å². The van der Waals surface area contributed by atoms with Crippen LogP contribution in [0.25, 0.3) is 0 Å². The molecule has 0 aliphatic heterocycles. The summed E-state index contributed by atoms with van der Waals surface area (Å²) in [7, 11) is 0. The molecule has 0 spiro atoms. The molecule has 0 amide bonds. The Kier molecular flexibility index (Phi) is 3.49. The highest BCUT2D eigenvalue weighted by Crippen LogP contribution is 2.17. The third-order valence-corrected chi connectivity index (χ3v) is 2.69. The second-order valence-corrected chi connectivity index (χ2v) is 4.31. The van der Waals surface area contributed by atoms with Gasteiger partial charge in [-0.25, -0.2) is 4.98 Å². The number of nitrogens with two attached hydrogens (primary N) is 1. The second-order valence-electron chi connectivity index (χ2n) is 3.87. The molecule has 3 nitrogen and oxygen atoms in total. The molecule has 1 aromatic heterocycles. The van der Waals surface area contributed by atoms with Crippen LogP contribution in [0, 0.1) is 6.92 Å². The van der Waals surface area contributed by atoms with Gasteiger partial charge in [0.15, 0.2) is 0 Å². The number of pyridine rings is 1. The number of hydrogen-bond donors (Lipinski definition) is 2. The van der Waals surface area contributed by atoms with Crippen molar-refractivity contribution in [2.45, 2.75) is 13.5 Å². The smallest absolute Gasteiger partial charge is 0.149 e. The van der Waals surface area contributed by atoms with Crippen LogP contribution in [0.2, 0.25) is 5.02 Å². The van der Waals surface area contributed by atoms with Crippen molar-refractivity contribution in [2.24, 2.45) is 0 Å². The summed E-state index contributed by atoms with van der Waals surface area (Å²) in [5.41, 5.74) is 8.57. The summed E-state index contributed by atoms with van der Waals surface area (Å²) in [5, 5.41) is 3.95. The molecule has 0 bridgehead atoms. The number of rotatable bonds is 3. The number of halogens is 1. The lowest BCUT2D eigenvalue weighted by atomic mass is 10.2. The predicted molar refractivity (Wildman–Crippen MR) is 72.2 cm³/mol. The maximum Gasteiger partial charge on any atom is 0.149 e. The van der Waals surface area contributed by atoms with E-state index in [1.165, 1.54) is 0 Å². The fraction of sp³-hybridized carbons (Fsp3) is 0.154. The van der Waals surface area contributed by atoms with Crippen molar-refractivity contribution in [3.63, 3.8) is 0 Å². The zero-order valence-electron chi connectivity index (χ0n) is 9.57. The quantitative estimate of drug-likeness (QED) is 0.876. The number of aryl methyl sites for hydroxylation is 1. The van der Waals surface area contributed by atoms with Gasteiger partial charge in [0.2, 0.25) is 0 Å². The Balaban J connectivity index is 2.07. The van der Waals surface area contributed by atoms with E-state index in [1.54, 1.807) is 0 Å². The summed E-state index contributed by atoms with van der Waals surface area (Å²) < 4.78 is 0. The van der Waals surface area contributed by atoms with Crippen molar-refractivity contribution in [1.29, 1.82) is 0 Å². The molecule has 17 heavy (non-hydrogen) atoms. The fourth-order valence-electron chi connectivity index (χ4n) is 1.50. The summed E-state index contributed by atoms with van der Waals surface area (Å²) in [4.78, 5) is 4.34. The minimum absolute atomic E-state index is 0.657. The number of hydrogen-bond acceptors (Lipinski definition) is 3. The first-order chi connectivity index (χ1) is 8.15. The van der Waals surface area contributed by atoms with Crippen LogP contribution < -0.4 is 11.1 Å². The Morgan fingerprint density at radius 3 is 2.59 bits per heavy atom. The second kappa shape index (κ2) is 5.06. The topological polar surface area (TPSA) is 50.9 Å². The average molecular weight is 248 g/mol. The Morgan fingerprint density at radius 2 is 1.88 bits per heavy atom. The lowest BCUT2D eigenvalue weighted by Crippen LogP contribution is -2.05. The molecule has 2 rings (SSSR count). The molecule has 0 radical (unpaired) electrons. The molecular weight excluding hydrogens is 234 g/mol. The molecule has 0 fully saturated rings. The maximum atomic E-state index is 5.83. The van der Waals surface area contributed by atoms with Crippen LogP contribution in [0.4, 0.5) is 11.5 Å². The molecular formula is C13H14ClN3. The molecule has 0 saturated carbocycles. The van der Waals surface area contributed by atoms with E-state index in [9.17, 15) is 0 Å². The number of anilines is 2. The van der Waals surface area contributed by atoms with E-state index in [0.717, 1.165) is 22.1 Å². The number of aromatic nitrogens is 1. The summed E-state index contributed by atoms with van der Waals surface area (Å²) in [6, 6.07) is 11.4. The molecule has 1 heterocycles. The van der Waals surface area contributed by atoms with Crippen molar-refractivity contribution in [3.05, 3.63) is 52.7 Å². The van der Waals surface area contributed by atoms with Crippen LogP contribution in [0.1, 0.15) is 11.3 Å². The van der Waals surface area contributed by atoms with Gasteiger partial charge in [-0.3, -0.25) is 0 Å². The van der Waals surface area contributed by atoms with Crippen molar-refractivity contribution < 1.29 is 0 Å². The molecule has 3 N–H and O–H groups in total. The molecule has 0 unspecified atom stereocenters. The van der Waals surface area contributed by atoms with Crippen LogP contribution in [0.15, 0.2) is 36.4 Å². The largest absolute Gasteiger partial charge is 0.396 e. The highest BCUT2D eigenvalue weighted by Gasteiger charge is 2.00. The molecule has 0 atom stereocenters. The van der Waals surface area contributed by atoms with E-state index >= 15 is 0 Å². The van der Waals surface area contributed by atoms with Crippen LogP contribution in [-0.2, 0) is 6.54 Å². The molecule has 1 aromatic carbocycles. The van der Waals surface area contributed by atoms with Gasteiger partial charge in [-0.15, -0.1) is 0 Å². The zero-order valence-corrected chi connectivity index (χ0v) is 10.3. The van der Waals surface area contributed by atoms with Gasteiger partial charge >= 0.3 is 0 Å². The number of nitrogen functional groups attached to an aromatic ring is 1. The first-order valence-electron chi connectivity index (χ1n) is 5.36. The van der Waals surface area contributed by atoms with Crippen LogP contribution in [0.5, 0.6) is 0 Å².